The summed E-state index contributed by atoms with van der Waals surface area (Å²) >= 11 is 0. The van der Waals surface area contributed by atoms with Crippen LogP contribution in [0.15, 0.2) is 18.3 Å². The van der Waals surface area contributed by atoms with Crippen molar-refractivity contribution in [2.75, 3.05) is 18.0 Å². The van der Waals surface area contributed by atoms with Crippen LogP contribution in [0.25, 0.3) is 0 Å². The van der Waals surface area contributed by atoms with Gasteiger partial charge >= 0.3 is 0 Å². The minimum Gasteiger partial charge on any atom is -0.356 e. The summed E-state index contributed by atoms with van der Waals surface area (Å²) < 4.78 is 0. The molecule has 2 heterocycles. The quantitative estimate of drug-likeness (QED) is 0.822. The van der Waals surface area contributed by atoms with Crippen LogP contribution in [0.1, 0.15) is 37.2 Å². The SMILES string of the molecule is NC1CC1c1cccnc1N1CCCCC1. The van der Waals surface area contributed by atoms with Gasteiger partial charge in [0.25, 0.3) is 0 Å². The molecular weight excluding hydrogens is 198 g/mol. The predicted molar refractivity (Wildman–Crippen MR) is 65.6 cm³/mol. The molecule has 3 nitrogen and oxygen atoms in total. The molecule has 2 fully saturated rings. The van der Waals surface area contributed by atoms with Gasteiger partial charge in [0.1, 0.15) is 5.82 Å². The Morgan fingerprint density at radius 2 is 2.00 bits per heavy atom. The molecule has 1 aliphatic heterocycles. The van der Waals surface area contributed by atoms with Gasteiger partial charge in [0.05, 0.1) is 0 Å². The van der Waals surface area contributed by atoms with E-state index < -0.39 is 0 Å². The van der Waals surface area contributed by atoms with Gasteiger partial charge in [0.2, 0.25) is 0 Å². The van der Waals surface area contributed by atoms with Crippen molar-refractivity contribution in [3.8, 4) is 0 Å². The van der Waals surface area contributed by atoms with Crippen molar-refractivity contribution in [2.24, 2.45) is 5.73 Å². The third-order valence-corrected chi connectivity index (χ3v) is 3.71. The zero-order valence-corrected chi connectivity index (χ0v) is 9.60. The lowest BCUT2D eigenvalue weighted by Gasteiger charge is -2.29. The summed E-state index contributed by atoms with van der Waals surface area (Å²) in [5.41, 5.74) is 7.32. The van der Waals surface area contributed by atoms with E-state index in [1.807, 2.05) is 12.3 Å². The number of hydrogen-bond acceptors (Lipinski definition) is 3. The predicted octanol–water partition coefficient (Wildman–Crippen LogP) is 1.89. The lowest BCUT2D eigenvalue weighted by Crippen LogP contribution is -2.31. The van der Waals surface area contributed by atoms with Gasteiger partial charge in [-0.15, -0.1) is 0 Å². The average molecular weight is 217 g/mol. The molecule has 2 N–H and O–H groups in total. The molecule has 0 spiro atoms. The maximum atomic E-state index is 5.95. The smallest absolute Gasteiger partial charge is 0.132 e. The van der Waals surface area contributed by atoms with Crippen LogP contribution in [0.2, 0.25) is 0 Å². The maximum absolute atomic E-state index is 5.95. The Morgan fingerprint density at radius 3 is 2.69 bits per heavy atom. The van der Waals surface area contributed by atoms with E-state index >= 15 is 0 Å². The number of anilines is 1. The Bertz CT molecular complexity index is 371. The Hall–Kier alpha value is -1.09. The summed E-state index contributed by atoms with van der Waals surface area (Å²) in [6.07, 6.45) is 6.99. The minimum atomic E-state index is 0.368. The molecule has 1 aliphatic carbocycles. The van der Waals surface area contributed by atoms with Gasteiger partial charge in [-0.1, -0.05) is 6.07 Å². The number of rotatable bonds is 2. The molecule has 16 heavy (non-hydrogen) atoms. The normalized spacial score (nSPS) is 29.2. The van der Waals surface area contributed by atoms with Gasteiger partial charge < -0.3 is 10.6 Å². The van der Waals surface area contributed by atoms with Crippen LogP contribution in [0.4, 0.5) is 5.82 Å². The van der Waals surface area contributed by atoms with Gasteiger partial charge in [0.15, 0.2) is 0 Å². The largest absolute Gasteiger partial charge is 0.356 e. The second kappa shape index (κ2) is 4.06. The molecule has 1 saturated heterocycles. The van der Waals surface area contributed by atoms with E-state index in [4.69, 9.17) is 5.73 Å². The number of hydrogen-bond donors (Lipinski definition) is 1. The van der Waals surface area contributed by atoms with Gasteiger partial charge in [-0.25, -0.2) is 4.98 Å². The van der Waals surface area contributed by atoms with Crippen molar-refractivity contribution in [3.63, 3.8) is 0 Å². The lowest BCUT2D eigenvalue weighted by molar-refractivity contribution is 0.571. The molecular formula is C13H19N3. The molecule has 0 amide bonds. The first-order chi connectivity index (χ1) is 7.86. The highest BCUT2D eigenvalue weighted by molar-refractivity contribution is 5.51. The number of pyridine rings is 1. The Labute approximate surface area is 96.7 Å². The Balaban J connectivity index is 1.87. The van der Waals surface area contributed by atoms with Gasteiger partial charge in [0, 0.05) is 31.2 Å². The fraction of sp³-hybridized carbons (Fsp3) is 0.615. The number of nitrogens with zero attached hydrogens (tertiary/aromatic N) is 2. The van der Waals surface area contributed by atoms with Crippen molar-refractivity contribution < 1.29 is 0 Å². The average Bonchev–Trinajstić information content (AvgIpc) is 3.08. The van der Waals surface area contributed by atoms with Crippen molar-refractivity contribution in [1.82, 2.24) is 4.98 Å². The van der Waals surface area contributed by atoms with Crippen LogP contribution in [0.5, 0.6) is 0 Å². The zero-order valence-electron chi connectivity index (χ0n) is 9.60. The fourth-order valence-corrected chi connectivity index (χ4v) is 2.64. The van der Waals surface area contributed by atoms with E-state index in [1.165, 1.54) is 30.6 Å². The zero-order chi connectivity index (χ0) is 11.0. The molecule has 0 aromatic carbocycles. The second-order valence-corrected chi connectivity index (χ2v) is 4.97. The van der Waals surface area contributed by atoms with Crippen molar-refractivity contribution in [1.29, 1.82) is 0 Å². The molecule has 1 aromatic rings. The van der Waals surface area contributed by atoms with Crippen molar-refractivity contribution in [2.45, 2.75) is 37.6 Å². The van der Waals surface area contributed by atoms with Crippen LogP contribution < -0.4 is 10.6 Å². The molecule has 2 atom stereocenters. The van der Waals surface area contributed by atoms with Crippen molar-refractivity contribution in [3.05, 3.63) is 23.9 Å². The lowest BCUT2D eigenvalue weighted by atomic mass is 10.1. The summed E-state index contributed by atoms with van der Waals surface area (Å²) in [6.45, 7) is 2.32. The van der Waals surface area contributed by atoms with Crippen LogP contribution in [0.3, 0.4) is 0 Å². The Morgan fingerprint density at radius 1 is 1.25 bits per heavy atom. The van der Waals surface area contributed by atoms with E-state index in [0.717, 1.165) is 19.5 Å². The molecule has 2 aliphatic rings. The third-order valence-electron chi connectivity index (χ3n) is 3.71. The molecule has 2 unspecified atom stereocenters. The van der Waals surface area contributed by atoms with E-state index in [9.17, 15) is 0 Å². The number of piperidine rings is 1. The highest BCUT2D eigenvalue weighted by atomic mass is 15.2. The summed E-state index contributed by atoms with van der Waals surface area (Å²) in [5.74, 6) is 1.76. The monoisotopic (exact) mass is 217 g/mol. The number of nitrogens with two attached hydrogens (primary N) is 1. The molecule has 3 rings (SSSR count). The molecule has 1 aromatic heterocycles. The highest BCUT2D eigenvalue weighted by Crippen LogP contribution is 2.42. The molecule has 0 bridgehead atoms. The molecule has 1 saturated carbocycles. The standard InChI is InChI=1S/C13H19N3/c14-12-9-11(12)10-5-4-6-15-13(10)16-7-2-1-3-8-16/h4-6,11-12H,1-3,7-9,14H2. The van der Waals surface area contributed by atoms with Crippen molar-refractivity contribution >= 4 is 5.82 Å². The van der Waals surface area contributed by atoms with E-state index in [-0.39, 0.29) is 0 Å². The second-order valence-electron chi connectivity index (χ2n) is 4.97. The van der Waals surface area contributed by atoms with E-state index in [2.05, 4.69) is 16.0 Å². The first-order valence-corrected chi connectivity index (χ1v) is 6.32. The van der Waals surface area contributed by atoms with Crippen LogP contribution >= 0.6 is 0 Å². The maximum Gasteiger partial charge on any atom is 0.132 e. The third kappa shape index (κ3) is 1.80. The summed E-state index contributed by atoms with van der Waals surface area (Å²) in [4.78, 5) is 7.00. The number of aromatic nitrogens is 1. The topological polar surface area (TPSA) is 42.1 Å². The van der Waals surface area contributed by atoms with Crippen LogP contribution in [-0.2, 0) is 0 Å². The van der Waals surface area contributed by atoms with Gasteiger partial charge in [-0.3, -0.25) is 0 Å². The summed E-state index contributed by atoms with van der Waals surface area (Å²) in [6, 6.07) is 4.61. The summed E-state index contributed by atoms with van der Waals surface area (Å²) in [7, 11) is 0. The summed E-state index contributed by atoms with van der Waals surface area (Å²) in [5, 5.41) is 0. The van der Waals surface area contributed by atoms with Crippen LogP contribution in [-0.4, -0.2) is 24.1 Å². The van der Waals surface area contributed by atoms with Gasteiger partial charge in [-0.2, -0.15) is 0 Å². The minimum absolute atomic E-state index is 0.368. The molecule has 86 valence electrons. The van der Waals surface area contributed by atoms with Gasteiger partial charge in [-0.05, 0) is 37.3 Å². The highest BCUT2D eigenvalue weighted by Gasteiger charge is 2.37. The van der Waals surface area contributed by atoms with E-state index in [0.29, 0.717) is 12.0 Å². The molecule has 3 heteroatoms. The molecule has 0 radical (unpaired) electrons. The van der Waals surface area contributed by atoms with E-state index in [1.54, 1.807) is 0 Å². The first kappa shape index (κ1) is 10.1. The Kier molecular flexibility index (Phi) is 2.56. The van der Waals surface area contributed by atoms with Crippen LogP contribution in [0, 0.1) is 0 Å². The first-order valence-electron chi connectivity index (χ1n) is 6.32. The fourth-order valence-electron chi connectivity index (χ4n) is 2.64.